The van der Waals surface area contributed by atoms with Crippen molar-refractivity contribution in [2.75, 3.05) is 0 Å². The number of thioether (sulfide) groups is 1. The average molecular weight is 143 g/mol. The third-order valence-corrected chi connectivity index (χ3v) is 1.62. The molecule has 0 N–H and O–H groups in total. The summed E-state index contributed by atoms with van der Waals surface area (Å²) in [6, 6.07) is 0. The van der Waals surface area contributed by atoms with Gasteiger partial charge in [-0.05, 0) is 20.8 Å². The Morgan fingerprint density at radius 2 is 2.11 bits per heavy atom. The minimum atomic E-state index is -0.0868. The number of hydrogen-bond acceptors (Lipinski definition) is 2. The Kier molecular flexibility index (Phi) is 3.62. The molecule has 1 radical (unpaired) electrons. The minimum Gasteiger partial charge on any atom is -0.277 e. The van der Waals surface area contributed by atoms with Crippen LogP contribution in [0.2, 0.25) is 0 Å². The molecule has 0 spiro atoms. The fourth-order valence-electron chi connectivity index (χ4n) is 0.543. The summed E-state index contributed by atoms with van der Waals surface area (Å²) in [5.74, 6) is 0. The van der Waals surface area contributed by atoms with Crippen molar-refractivity contribution in [1.82, 2.24) is 0 Å². The molecule has 0 atom stereocenters. The van der Waals surface area contributed by atoms with Crippen LogP contribution in [-0.4, -0.2) is 10.4 Å². The van der Waals surface area contributed by atoms with E-state index in [0.29, 0.717) is 0 Å². The fraction of sp³-hybridized carbons (Fsp3) is 0.571. The van der Waals surface area contributed by atoms with Crippen LogP contribution < -0.4 is 0 Å². The Bertz CT molecular complexity index is 116. The van der Waals surface area contributed by atoms with Crippen LogP contribution in [0.5, 0.6) is 0 Å². The van der Waals surface area contributed by atoms with Gasteiger partial charge in [0.05, 0.1) is 0 Å². The maximum absolute atomic E-state index is 9.90. The molecule has 51 valence electrons. The molecule has 0 aromatic heterocycles. The lowest BCUT2D eigenvalue weighted by atomic mass is 10.2. The van der Waals surface area contributed by atoms with Crippen molar-refractivity contribution in [2.24, 2.45) is 0 Å². The first-order chi connectivity index (χ1) is 4.12. The van der Waals surface area contributed by atoms with Gasteiger partial charge < -0.3 is 0 Å². The van der Waals surface area contributed by atoms with E-state index in [0.717, 1.165) is 0 Å². The maximum atomic E-state index is 9.90. The van der Waals surface area contributed by atoms with Gasteiger partial charge in [0.25, 0.3) is 5.62 Å². The molecule has 2 heteroatoms. The molecule has 0 saturated heterocycles. The molecule has 0 heterocycles. The third kappa shape index (κ3) is 4.28. The molecule has 0 saturated carbocycles. The van der Waals surface area contributed by atoms with E-state index in [9.17, 15) is 4.79 Å². The van der Waals surface area contributed by atoms with E-state index in [1.807, 2.05) is 38.5 Å². The second kappa shape index (κ2) is 3.72. The predicted molar refractivity (Wildman–Crippen MR) is 42.2 cm³/mol. The van der Waals surface area contributed by atoms with Gasteiger partial charge in [0.1, 0.15) is 0 Å². The summed E-state index contributed by atoms with van der Waals surface area (Å²) >= 11 is 1.17. The van der Waals surface area contributed by atoms with Gasteiger partial charge >= 0.3 is 0 Å². The molecule has 1 nitrogen and oxygen atoms in total. The molecule has 0 aliphatic rings. The molecule has 0 aromatic rings. The largest absolute Gasteiger partial charge is 0.277 e. The van der Waals surface area contributed by atoms with Crippen molar-refractivity contribution in [2.45, 2.75) is 25.5 Å². The third-order valence-electron chi connectivity index (χ3n) is 0.873. The lowest BCUT2D eigenvalue weighted by Crippen LogP contribution is -2.09. The van der Waals surface area contributed by atoms with Gasteiger partial charge in [-0.15, -0.1) is 0 Å². The quantitative estimate of drug-likeness (QED) is 0.563. The van der Waals surface area contributed by atoms with Gasteiger partial charge in [0, 0.05) is 4.75 Å². The van der Waals surface area contributed by atoms with Crippen LogP contribution in [0.4, 0.5) is 0 Å². The van der Waals surface area contributed by atoms with Crippen molar-refractivity contribution >= 4 is 17.4 Å². The average Bonchev–Trinajstić information content (AvgIpc) is 1.64. The number of hydrogen-bond donors (Lipinski definition) is 0. The van der Waals surface area contributed by atoms with Crippen molar-refractivity contribution < 1.29 is 4.79 Å². The Labute approximate surface area is 60.5 Å². The monoisotopic (exact) mass is 143 g/mol. The molecule has 0 aliphatic heterocycles. The number of rotatable bonds is 3. The molecule has 9 heavy (non-hydrogen) atoms. The smallest absolute Gasteiger partial charge is 0.266 e. The summed E-state index contributed by atoms with van der Waals surface area (Å²) in [5.41, 5.74) is 1.81. The molecule has 0 bridgehead atoms. The van der Waals surface area contributed by atoms with Crippen molar-refractivity contribution in [3.63, 3.8) is 0 Å². The molecule has 0 amide bonds. The second-order valence-corrected chi connectivity index (χ2v) is 3.71. The van der Waals surface area contributed by atoms with Crippen LogP contribution in [0.25, 0.3) is 0 Å². The molecule has 0 aromatic carbocycles. The van der Waals surface area contributed by atoms with Gasteiger partial charge in [-0.25, -0.2) is 0 Å². The van der Waals surface area contributed by atoms with Crippen LogP contribution in [-0.2, 0) is 4.79 Å². The van der Waals surface area contributed by atoms with E-state index >= 15 is 0 Å². The SMILES string of the molecule is CC=CC(C)(C)S[C]=O. The topological polar surface area (TPSA) is 17.1 Å². The molecular weight excluding hydrogens is 132 g/mol. The summed E-state index contributed by atoms with van der Waals surface area (Å²) in [7, 11) is 0. The van der Waals surface area contributed by atoms with Gasteiger partial charge in [0.2, 0.25) is 0 Å². The summed E-state index contributed by atoms with van der Waals surface area (Å²) in [5, 5.41) is 0. The van der Waals surface area contributed by atoms with Crippen molar-refractivity contribution in [3.8, 4) is 0 Å². The first kappa shape index (κ1) is 8.76. The van der Waals surface area contributed by atoms with Crippen LogP contribution in [0.1, 0.15) is 20.8 Å². The molecule has 0 unspecified atom stereocenters. The zero-order chi connectivity index (χ0) is 7.33. The predicted octanol–water partition coefficient (Wildman–Crippen LogP) is 2.14. The minimum absolute atomic E-state index is 0.0868. The summed E-state index contributed by atoms with van der Waals surface area (Å²) in [6.07, 6.45) is 3.91. The van der Waals surface area contributed by atoms with Gasteiger partial charge in [-0.3, -0.25) is 4.79 Å². The molecular formula is C7H11OS. The van der Waals surface area contributed by atoms with E-state index < -0.39 is 0 Å². The van der Waals surface area contributed by atoms with Crippen LogP contribution in [0.3, 0.4) is 0 Å². The normalized spacial score (nSPS) is 12.3. The highest BCUT2D eigenvalue weighted by molar-refractivity contribution is 8.13. The highest BCUT2D eigenvalue weighted by Crippen LogP contribution is 2.22. The van der Waals surface area contributed by atoms with E-state index in [-0.39, 0.29) is 4.75 Å². The second-order valence-electron chi connectivity index (χ2n) is 2.29. The summed E-state index contributed by atoms with van der Waals surface area (Å²) in [4.78, 5) is 9.90. The number of carbonyl (C=O) groups excluding carboxylic acids is 1. The van der Waals surface area contributed by atoms with E-state index in [4.69, 9.17) is 0 Å². The van der Waals surface area contributed by atoms with Gasteiger partial charge in [-0.2, -0.15) is 0 Å². The Hall–Kier alpha value is -0.240. The van der Waals surface area contributed by atoms with Crippen LogP contribution in [0, 0.1) is 0 Å². The summed E-state index contributed by atoms with van der Waals surface area (Å²) in [6.45, 7) is 5.89. The maximum Gasteiger partial charge on any atom is 0.266 e. The lowest BCUT2D eigenvalue weighted by molar-refractivity contribution is 0.569. The molecule has 0 rings (SSSR count). The highest BCUT2D eigenvalue weighted by atomic mass is 32.2. The van der Waals surface area contributed by atoms with Crippen LogP contribution in [0.15, 0.2) is 12.2 Å². The first-order valence-corrected chi connectivity index (χ1v) is 3.63. The van der Waals surface area contributed by atoms with Gasteiger partial charge in [-0.1, -0.05) is 23.9 Å². The van der Waals surface area contributed by atoms with E-state index in [2.05, 4.69) is 0 Å². The highest BCUT2D eigenvalue weighted by Gasteiger charge is 2.12. The Balaban J connectivity index is 3.84. The molecule has 0 fully saturated rings. The Morgan fingerprint density at radius 3 is 2.44 bits per heavy atom. The van der Waals surface area contributed by atoms with Crippen LogP contribution >= 0.6 is 11.8 Å². The van der Waals surface area contributed by atoms with E-state index in [1.165, 1.54) is 11.8 Å². The van der Waals surface area contributed by atoms with Crippen molar-refractivity contribution in [1.29, 1.82) is 0 Å². The van der Waals surface area contributed by atoms with E-state index in [1.54, 1.807) is 0 Å². The fourth-order valence-corrected chi connectivity index (χ4v) is 0.962. The standard InChI is InChI=1S/C7H11OS/c1-4-5-7(2,3)9-6-8/h4-5H,1-3H3. The zero-order valence-corrected chi connectivity index (χ0v) is 6.79. The Morgan fingerprint density at radius 1 is 1.56 bits per heavy atom. The number of allylic oxidation sites excluding steroid dienone is 1. The summed E-state index contributed by atoms with van der Waals surface area (Å²) < 4.78 is -0.0868. The first-order valence-electron chi connectivity index (χ1n) is 2.81. The zero-order valence-electron chi connectivity index (χ0n) is 5.97. The molecule has 0 aliphatic carbocycles. The lowest BCUT2D eigenvalue weighted by Gasteiger charge is -2.13. The van der Waals surface area contributed by atoms with Crippen molar-refractivity contribution in [3.05, 3.63) is 12.2 Å². The van der Waals surface area contributed by atoms with Gasteiger partial charge in [0.15, 0.2) is 0 Å².